The number of nitrogens with one attached hydrogen (secondary N) is 2. The second-order valence-corrected chi connectivity index (χ2v) is 6.80. The number of rotatable bonds is 3. The molecule has 2 heterocycles. The maximum absolute atomic E-state index is 12.6. The maximum Gasteiger partial charge on any atom is 0.246 e. The van der Waals surface area contributed by atoms with Crippen LogP contribution in [0.15, 0.2) is 4.90 Å². The van der Waals surface area contributed by atoms with Gasteiger partial charge in [0, 0.05) is 19.0 Å². The standard InChI is InChI=1S/C11H19N5O2S/c1-7-10(8(2)15-14-7)19(17,18)16-5-3-4-9(6-16)11(12)13/h9H,3-6H2,1-2H3,(H3,12,13)(H,14,15). The zero-order valence-corrected chi connectivity index (χ0v) is 11.9. The molecule has 1 aliphatic rings. The zero-order valence-electron chi connectivity index (χ0n) is 11.1. The van der Waals surface area contributed by atoms with E-state index < -0.39 is 10.0 Å². The molecule has 1 saturated heterocycles. The molecule has 0 bridgehead atoms. The number of aromatic amines is 1. The lowest BCUT2D eigenvalue weighted by Crippen LogP contribution is -2.44. The Labute approximate surface area is 112 Å². The van der Waals surface area contributed by atoms with Gasteiger partial charge in [-0.1, -0.05) is 0 Å². The first kappa shape index (κ1) is 14.0. The fraction of sp³-hybridized carbons (Fsp3) is 0.636. The topological polar surface area (TPSA) is 116 Å². The second kappa shape index (κ2) is 4.93. The number of aromatic nitrogens is 2. The van der Waals surface area contributed by atoms with Crippen LogP contribution in [0.3, 0.4) is 0 Å². The van der Waals surface area contributed by atoms with Crippen molar-refractivity contribution in [3.8, 4) is 0 Å². The smallest absolute Gasteiger partial charge is 0.246 e. The van der Waals surface area contributed by atoms with Gasteiger partial charge in [0.25, 0.3) is 0 Å². The fourth-order valence-corrected chi connectivity index (χ4v) is 4.32. The van der Waals surface area contributed by atoms with Gasteiger partial charge in [-0.25, -0.2) is 8.42 Å². The van der Waals surface area contributed by atoms with Crippen LogP contribution < -0.4 is 5.73 Å². The van der Waals surface area contributed by atoms with Crippen LogP contribution in [0.25, 0.3) is 0 Å². The number of amidine groups is 1. The number of nitrogens with zero attached hydrogens (tertiary/aromatic N) is 2. The van der Waals surface area contributed by atoms with Gasteiger partial charge in [0.05, 0.1) is 17.2 Å². The number of piperidine rings is 1. The van der Waals surface area contributed by atoms with Gasteiger partial charge in [-0.05, 0) is 26.7 Å². The molecule has 0 aromatic carbocycles. The summed E-state index contributed by atoms with van der Waals surface area (Å²) in [6, 6.07) is 0. The molecule has 0 saturated carbocycles. The summed E-state index contributed by atoms with van der Waals surface area (Å²) < 4.78 is 26.6. The van der Waals surface area contributed by atoms with E-state index in [1.54, 1.807) is 13.8 Å². The lowest BCUT2D eigenvalue weighted by molar-refractivity contribution is 0.310. The van der Waals surface area contributed by atoms with E-state index in [2.05, 4.69) is 10.2 Å². The molecule has 7 nitrogen and oxygen atoms in total. The maximum atomic E-state index is 12.6. The molecule has 0 aliphatic carbocycles. The van der Waals surface area contributed by atoms with Crippen molar-refractivity contribution in [1.29, 1.82) is 5.41 Å². The third-order valence-electron chi connectivity index (χ3n) is 3.48. The molecule has 1 aliphatic heterocycles. The van der Waals surface area contributed by atoms with Gasteiger partial charge >= 0.3 is 0 Å². The molecule has 1 aromatic heterocycles. The Hall–Kier alpha value is -1.41. The highest BCUT2D eigenvalue weighted by Gasteiger charge is 2.34. The van der Waals surface area contributed by atoms with Crippen LogP contribution >= 0.6 is 0 Å². The molecule has 1 atom stereocenters. The van der Waals surface area contributed by atoms with Crippen molar-refractivity contribution in [3.05, 3.63) is 11.4 Å². The van der Waals surface area contributed by atoms with Gasteiger partial charge in [-0.3, -0.25) is 10.5 Å². The van der Waals surface area contributed by atoms with E-state index in [9.17, 15) is 8.42 Å². The number of sulfonamides is 1. The summed E-state index contributed by atoms with van der Waals surface area (Å²) in [5, 5.41) is 14.1. The molecular weight excluding hydrogens is 266 g/mol. The predicted molar refractivity (Wildman–Crippen MR) is 71.5 cm³/mol. The first-order valence-electron chi connectivity index (χ1n) is 6.19. The van der Waals surface area contributed by atoms with Crippen molar-refractivity contribution in [2.75, 3.05) is 13.1 Å². The van der Waals surface area contributed by atoms with E-state index in [4.69, 9.17) is 11.1 Å². The number of aryl methyl sites for hydroxylation is 2. The predicted octanol–water partition coefficient (Wildman–Crippen LogP) is 0.363. The number of H-pyrrole nitrogens is 1. The van der Waals surface area contributed by atoms with Crippen LogP contribution in [0, 0.1) is 25.2 Å². The Kier molecular flexibility index (Phi) is 3.64. The average Bonchev–Trinajstić information content (AvgIpc) is 2.69. The summed E-state index contributed by atoms with van der Waals surface area (Å²) >= 11 is 0. The largest absolute Gasteiger partial charge is 0.387 e. The summed E-state index contributed by atoms with van der Waals surface area (Å²) in [6.45, 7) is 4.11. The third-order valence-corrected chi connectivity index (χ3v) is 5.61. The van der Waals surface area contributed by atoms with Crippen molar-refractivity contribution in [2.45, 2.75) is 31.6 Å². The number of hydrogen-bond acceptors (Lipinski definition) is 4. The first-order chi connectivity index (χ1) is 8.84. The van der Waals surface area contributed by atoms with Crippen LogP contribution in [-0.2, 0) is 10.0 Å². The molecule has 106 valence electrons. The van der Waals surface area contributed by atoms with Crippen molar-refractivity contribution in [1.82, 2.24) is 14.5 Å². The molecule has 8 heteroatoms. The highest BCUT2D eigenvalue weighted by atomic mass is 32.2. The van der Waals surface area contributed by atoms with Gasteiger partial charge in [0.2, 0.25) is 10.0 Å². The summed E-state index contributed by atoms with van der Waals surface area (Å²) in [7, 11) is -3.56. The van der Waals surface area contributed by atoms with Crippen LogP contribution in [0.4, 0.5) is 0 Å². The lowest BCUT2D eigenvalue weighted by Gasteiger charge is -2.31. The van der Waals surface area contributed by atoms with Gasteiger partial charge in [0.1, 0.15) is 4.90 Å². The van der Waals surface area contributed by atoms with E-state index in [0.717, 1.165) is 12.8 Å². The molecule has 1 aromatic rings. The molecule has 19 heavy (non-hydrogen) atoms. The van der Waals surface area contributed by atoms with Crippen molar-refractivity contribution < 1.29 is 8.42 Å². The van der Waals surface area contributed by atoms with Gasteiger partial charge < -0.3 is 5.73 Å². The van der Waals surface area contributed by atoms with Crippen molar-refractivity contribution in [2.24, 2.45) is 11.7 Å². The summed E-state index contributed by atoms with van der Waals surface area (Å²) in [4.78, 5) is 0.247. The van der Waals surface area contributed by atoms with E-state index in [-0.39, 0.29) is 23.2 Å². The van der Waals surface area contributed by atoms with Crippen LogP contribution in [0.1, 0.15) is 24.2 Å². The van der Waals surface area contributed by atoms with E-state index >= 15 is 0 Å². The molecular formula is C11H19N5O2S. The zero-order chi connectivity index (χ0) is 14.2. The van der Waals surface area contributed by atoms with Gasteiger partial charge in [0.15, 0.2) is 0 Å². The van der Waals surface area contributed by atoms with Gasteiger partial charge in [-0.2, -0.15) is 9.40 Å². The second-order valence-electron chi connectivity index (χ2n) is 4.92. The molecule has 0 radical (unpaired) electrons. The van der Waals surface area contributed by atoms with Crippen LogP contribution in [0.2, 0.25) is 0 Å². The quantitative estimate of drug-likeness (QED) is 0.549. The van der Waals surface area contributed by atoms with Gasteiger partial charge in [-0.15, -0.1) is 0 Å². The Morgan fingerprint density at radius 2 is 2.21 bits per heavy atom. The van der Waals surface area contributed by atoms with Crippen molar-refractivity contribution in [3.63, 3.8) is 0 Å². The number of nitrogens with two attached hydrogens (primary N) is 1. The molecule has 0 spiro atoms. The highest BCUT2D eigenvalue weighted by molar-refractivity contribution is 7.89. The Bertz CT molecular complexity index is 573. The first-order valence-corrected chi connectivity index (χ1v) is 7.63. The summed E-state index contributed by atoms with van der Waals surface area (Å²) in [6.07, 6.45) is 1.49. The molecule has 1 fully saturated rings. The third kappa shape index (κ3) is 2.50. The minimum atomic E-state index is -3.56. The minimum Gasteiger partial charge on any atom is -0.387 e. The Balaban J connectivity index is 2.32. The molecule has 4 N–H and O–H groups in total. The molecule has 0 amide bonds. The molecule has 2 rings (SSSR count). The highest BCUT2D eigenvalue weighted by Crippen LogP contribution is 2.26. The summed E-state index contributed by atoms with van der Waals surface area (Å²) in [5.41, 5.74) is 6.51. The van der Waals surface area contributed by atoms with Crippen LogP contribution in [-0.4, -0.2) is 41.8 Å². The van der Waals surface area contributed by atoms with E-state index in [1.807, 2.05) is 0 Å². The van der Waals surface area contributed by atoms with E-state index in [0.29, 0.717) is 17.9 Å². The molecule has 1 unspecified atom stereocenters. The fourth-order valence-electron chi connectivity index (χ4n) is 2.46. The Morgan fingerprint density at radius 3 is 2.74 bits per heavy atom. The Morgan fingerprint density at radius 1 is 1.53 bits per heavy atom. The average molecular weight is 285 g/mol. The van der Waals surface area contributed by atoms with Crippen LogP contribution in [0.5, 0.6) is 0 Å². The summed E-state index contributed by atoms with van der Waals surface area (Å²) in [5.74, 6) is -0.128. The lowest BCUT2D eigenvalue weighted by atomic mass is 9.99. The number of hydrogen-bond donors (Lipinski definition) is 3. The minimum absolute atomic E-state index is 0.0561. The van der Waals surface area contributed by atoms with E-state index in [1.165, 1.54) is 4.31 Å². The SMILES string of the molecule is Cc1n[nH]c(C)c1S(=O)(=O)N1CCCC(C(=N)N)C1. The monoisotopic (exact) mass is 285 g/mol. The van der Waals surface area contributed by atoms with Crippen molar-refractivity contribution >= 4 is 15.9 Å². The normalized spacial score (nSPS) is 21.5.